The average molecular weight is 280 g/mol. The van der Waals surface area contributed by atoms with Gasteiger partial charge < -0.3 is 10.1 Å². The zero-order valence-electron chi connectivity index (χ0n) is 10.5. The molecule has 0 saturated carbocycles. The minimum atomic E-state index is -3.84. The van der Waals surface area contributed by atoms with Gasteiger partial charge in [-0.2, -0.15) is 0 Å². The van der Waals surface area contributed by atoms with E-state index in [1.165, 1.54) is 13.2 Å². The molecule has 0 aromatic heterocycles. The fourth-order valence-corrected chi connectivity index (χ4v) is 3.04. The first-order valence-corrected chi connectivity index (χ1v) is 7.29. The molecular formula is C13H16N2O3S. The summed E-state index contributed by atoms with van der Waals surface area (Å²) in [5.74, 6) is 0. The zero-order valence-corrected chi connectivity index (χ0v) is 11.4. The zero-order chi connectivity index (χ0) is 13.9. The summed E-state index contributed by atoms with van der Waals surface area (Å²) in [4.78, 5) is 0.0221. The molecule has 6 heteroatoms. The SMILES string of the molecule is COC1(Cc2ccccc2)NC=CC=C1S(N)(=O)=O. The molecule has 1 heterocycles. The van der Waals surface area contributed by atoms with Crippen molar-refractivity contribution in [2.45, 2.75) is 12.1 Å². The van der Waals surface area contributed by atoms with Gasteiger partial charge in [0.05, 0.1) is 0 Å². The van der Waals surface area contributed by atoms with Crippen LogP contribution >= 0.6 is 0 Å². The highest BCUT2D eigenvalue weighted by Crippen LogP contribution is 2.28. The van der Waals surface area contributed by atoms with Crippen LogP contribution in [-0.4, -0.2) is 21.3 Å². The number of nitrogens with one attached hydrogen (secondary N) is 1. The number of benzene rings is 1. The second-order valence-corrected chi connectivity index (χ2v) is 5.80. The molecule has 19 heavy (non-hydrogen) atoms. The van der Waals surface area contributed by atoms with Crippen LogP contribution in [0.25, 0.3) is 0 Å². The highest BCUT2D eigenvalue weighted by atomic mass is 32.2. The number of allylic oxidation sites excluding steroid dienone is 2. The third kappa shape index (κ3) is 2.86. The highest BCUT2D eigenvalue weighted by molar-refractivity contribution is 7.93. The predicted octanol–water partition coefficient (Wildman–Crippen LogP) is 0.861. The standard InChI is InChI=1S/C13H16N2O3S/c1-18-13(10-11-6-3-2-4-7-11)12(19(14,16)17)8-5-9-15-13/h2-9,15H,10H2,1H3,(H2,14,16,17). The summed E-state index contributed by atoms with van der Waals surface area (Å²) < 4.78 is 28.8. The Morgan fingerprint density at radius 1 is 1.32 bits per heavy atom. The number of ether oxygens (including phenoxy) is 1. The number of hydrogen-bond donors (Lipinski definition) is 2. The maximum absolute atomic E-state index is 11.7. The maximum Gasteiger partial charge on any atom is 0.238 e. The van der Waals surface area contributed by atoms with Crippen molar-refractivity contribution in [1.29, 1.82) is 0 Å². The lowest BCUT2D eigenvalue weighted by Gasteiger charge is -2.35. The Morgan fingerprint density at radius 3 is 2.58 bits per heavy atom. The van der Waals surface area contributed by atoms with Crippen molar-refractivity contribution in [3.05, 3.63) is 59.2 Å². The molecule has 3 N–H and O–H groups in total. The first-order valence-electron chi connectivity index (χ1n) is 5.75. The Bertz CT molecular complexity index is 608. The Labute approximate surface area is 112 Å². The number of hydrogen-bond acceptors (Lipinski definition) is 4. The lowest BCUT2D eigenvalue weighted by molar-refractivity contribution is 0.00917. The molecule has 0 radical (unpaired) electrons. The van der Waals surface area contributed by atoms with Gasteiger partial charge in [-0.1, -0.05) is 30.3 Å². The average Bonchev–Trinajstić information content (AvgIpc) is 2.39. The summed E-state index contributed by atoms with van der Waals surface area (Å²) >= 11 is 0. The Balaban J connectivity index is 2.42. The molecule has 1 aliphatic heterocycles. The van der Waals surface area contributed by atoms with Crippen molar-refractivity contribution in [2.24, 2.45) is 5.14 Å². The lowest BCUT2D eigenvalue weighted by atomic mass is 10.00. The molecule has 0 bridgehead atoms. The van der Waals surface area contributed by atoms with Gasteiger partial charge in [0.2, 0.25) is 10.0 Å². The molecular weight excluding hydrogens is 264 g/mol. The summed E-state index contributed by atoms with van der Waals surface area (Å²) in [6, 6.07) is 9.48. The van der Waals surface area contributed by atoms with Gasteiger partial charge in [-0.3, -0.25) is 0 Å². The lowest BCUT2D eigenvalue weighted by Crippen LogP contribution is -2.52. The first kappa shape index (κ1) is 13.8. The van der Waals surface area contributed by atoms with E-state index >= 15 is 0 Å². The number of sulfonamides is 1. The molecule has 1 aromatic rings. The molecule has 1 atom stereocenters. The smallest absolute Gasteiger partial charge is 0.238 e. The van der Waals surface area contributed by atoms with Crippen LogP contribution in [0, 0.1) is 0 Å². The molecule has 0 fully saturated rings. The fraction of sp³-hybridized carbons (Fsp3) is 0.231. The third-order valence-electron chi connectivity index (χ3n) is 3.01. The van der Waals surface area contributed by atoms with Crippen LogP contribution in [0.2, 0.25) is 0 Å². The van der Waals surface area contributed by atoms with E-state index in [1.54, 1.807) is 12.3 Å². The molecule has 5 nitrogen and oxygen atoms in total. The highest BCUT2D eigenvalue weighted by Gasteiger charge is 2.40. The number of nitrogens with two attached hydrogens (primary N) is 1. The van der Waals surface area contributed by atoms with Gasteiger partial charge in [0.15, 0.2) is 5.72 Å². The van der Waals surface area contributed by atoms with Crippen LogP contribution in [0.1, 0.15) is 5.56 Å². The third-order valence-corrected chi connectivity index (χ3v) is 4.09. The van der Waals surface area contributed by atoms with Gasteiger partial charge in [0.25, 0.3) is 0 Å². The molecule has 0 spiro atoms. The van der Waals surface area contributed by atoms with Crippen molar-refractivity contribution in [3.63, 3.8) is 0 Å². The van der Waals surface area contributed by atoms with Gasteiger partial charge >= 0.3 is 0 Å². The number of dihydropyridines is 1. The van der Waals surface area contributed by atoms with Crippen LogP contribution in [0.15, 0.2) is 53.6 Å². The molecule has 2 rings (SSSR count). The minimum Gasteiger partial charge on any atom is -0.359 e. The summed E-state index contributed by atoms with van der Waals surface area (Å²) in [6.45, 7) is 0. The number of rotatable bonds is 4. The number of methoxy groups -OCH3 is 1. The first-order chi connectivity index (χ1) is 8.98. The van der Waals surface area contributed by atoms with Crippen molar-refractivity contribution >= 4 is 10.0 Å². The molecule has 0 saturated heterocycles. The summed E-state index contributed by atoms with van der Waals surface area (Å²) in [5.41, 5.74) is -0.217. The van der Waals surface area contributed by atoms with E-state index in [-0.39, 0.29) is 4.91 Å². The molecule has 0 amide bonds. The van der Waals surface area contributed by atoms with Crippen LogP contribution in [0.3, 0.4) is 0 Å². The van der Waals surface area contributed by atoms with Crippen molar-refractivity contribution in [1.82, 2.24) is 5.32 Å². The monoisotopic (exact) mass is 280 g/mol. The van der Waals surface area contributed by atoms with Gasteiger partial charge in [0.1, 0.15) is 4.91 Å². The summed E-state index contributed by atoms with van der Waals surface area (Å²) in [7, 11) is -2.39. The predicted molar refractivity (Wildman–Crippen MR) is 73.4 cm³/mol. The molecule has 1 aromatic carbocycles. The summed E-state index contributed by atoms with van der Waals surface area (Å²) in [5, 5.41) is 8.22. The van der Waals surface area contributed by atoms with Crippen LogP contribution in [0.4, 0.5) is 0 Å². The van der Waals surface area contributed by atoms with E-state index < -0.39 is 15.7 Å². The van der Waals surface area contributed by atoms with E-state index in [0.717, 1.165) is 5.56 Å². The van der Waals surface area contributed by atoms with E-state index in [4.69, 9.17) is 9.88 Å². The molecule has 102 valence electrons. The molecule has 1 aliphatic rings. The van der Waals surface area contributed by atoms with Crippen molar-refractivity contribution < 1.29 is 13.2 Å². The molecule has 1 unspecified atom stereocenters. The van der Waals surface area contributed by atoms with Crippen molar-refractivity contribution in [3.8, 4) is 0 Å². The normalized spacial score (nSPS) is 22.7. The van der Waals surface area contributed by atoms with Crippen LogP contribution < -0.4 is 10.5 Å². The minimum absolute atomic E-state index is 0.0221. The molecule has 0 aliphatic carbocycles. The van der Waals surface area contributed by atoms with Gasteiger partial charge in [-0.05, 0) is 23.9 Å². The van der Waals surface area contributed by atoms with E-state index in [2.05, 4.69) is 5.32 Å². The van der Waals surface area contributed by atoms with Crippen LogP contribution in [-0.2, 0) is 21.2 Å². The Kier molecular flexibility index (Phi) is 3.75. The van der Waals surface area contributed by atoms with E-state index in [9.17, 15) is 8.42 Å². The Morgan fingerprint density at radius 2 is 2.00 bits per heavy atom. The van der Waals surface area contributed by atoms with Gasteiger partial charge in [0, 0.05) is 13.5 Å². The Hall–Kier alpha value is -1.63. The maximum atomic E-state index is 11.7. The topological polar surface area (TPSA) is 81.4 Å². The summed E-state index contributed by atoms with van der Waals surface area (Å²) in [6.07, 6.45) is 5.04. The fourth-order valence-electron chi connectivity index (χ4n) is 2.10. The largest absolute Gasteiger partial charge is 0.359 e. The van der Waals surface area contributed by atoms with Gasteiger partial charge in [-0.25, -0.2) is 13.6 Å². The van der Waals surface area contributed by atoms with Crippen molar-refractivity contribution in [2.75, 3.05) is 7.11 Å². The number of primary sulfonamides is 1. The van der Waals surface area contributed by atoms with Crippen LogP contribution in [0.5, 0.6) is 0 Å². The van der Waals surface area contributed by atoms with E-state index in [1.807, 2.05) is 30.3 Å². The second-order valence-electron chi connectivity index (χ2n) is 4.27. The second kappa shape index (κ2) is 5.16. The van der Waals surface area contributed by atoms with E-state index in [0.29, 0.717) is 6.42 Å². The quantitative estimate of drug-likeness (QED) is 0.857. The van der Waals surface area contributed by atoms with Gasteiger partial charge in [-0.15, -0.1) is 0 Å².